The molecule has 1 fully saturated rings. The molecular weight excluding hydrogens is 376 g/mol. The molecule has 148 valence electrons. The molecule has 1 atom stereocenters. The molecular formula is C20H25ClN6O. The summed E-state index contributed by atoms with van der Waals surface area (Å²) in [5.74, 6) is 1.47. The Kier molecular flexibility index (Phi) is 4.42. The van der Waals surface area contributed by atoms with E-state index in [0.717, 1.165) is 29.0 Å². The molecule has 3 aromatic rings. The molecule has 1 aliphatic heterocycles. The fourth-order valence-corrected chi connectivity index (χ4v) is 4.62. The van der Waals surface area contributed by atoms with Crippen LogP contribution in [0.4, 0.5) is 11.6 Å². The molecule has 1 saturated carbocycles. The van der Waals surface area contributed by atoms with Gasteiger partial charge in [-0.25, -0.2) is 4.98 Å². The normalized spacial score (nSPS) is 20.5. The van der Waals surface area contributed by atoms with Crippen LogP contribution in [0.3, 0.4) is 0 Å². The minimum absolute atomic E-state index is 0.288. The van der Waals surface area contributed by atoms with Crippen LogP contribution in [-0.4, -0.2) is 30.9 Å². The van der Waals surface area contributed by atoms with Crippen LogP contribution in [0.2, 0.25) is 5.02 Å². The van der Waals surface area contributed by atoms with Crippen LogP contribution in [0.15, 0.2) is 12.4 Å². The molecule has 1 unspecified atom stereocenters. The van der Waals surface area contributed by atoms with Gasteiger partial charge in [0.25, 0.3) is 5.88 Å². The highest BCUT2D eigenvalue weighted by Gasteiger charge is 2.25. The van der Waals surface area contributed by atoms with Crippen molar-refractivity contribution >= 4 is 34.3 Å². The number of aromatic nitrogens is 5. The van der Waals surface area contributed by atoms with Crippen molar-refractivity contribution in [1.82, 2.24) is 24.3 Å². The van der Waals surface area contributed by atoms with E-state index in [2.05, 4.69) is 33.4 Å². The first-order valence-electron chi connectivity index (χ1n) is 10.1. The molecule has 2 bridgehead atoms. The maximum absolute atomic E-state index is 6.38. The fourth-order valence-electron chi connectivity index (χ4n) is 4.37. The van der Waals surface area contributed by atoms with Gasteiger partial charge in [0.1, 0.15) is 11.3 Å². The second-order valence-electron chi connectivity index (χ2n) is 8.10. The number of nitrogens with zero attached hydrogens (tertiary/aromatic N) is 5. The molecule has 0 amide bonds. The van der Waals surface area contributed by atoms with Gasteiger partial charge < -0.3 is 14.6 Å². The van der Waals surface area contributed by atoms with Crippen LogP contribution in [0.25, 0.3) is 11.0 Å². The van der Waals surface area contributed by atoms with Crippen LogP contribution in [0.1, 0.15) is 50.8 Å². The number of fused-ring (bicyclic) bond motifs is 2. The lowest BCUT2D eigenvalue weighted by Crippen LogP contribution is -2.17. The predicted octanol–water partition coefficient (Wildman–Crippen LogP) is 4.87. The predicted molar refractivity (Wildman–Crippen MR) is 110 cm³/mol. The number of ether oxygens (including phenoxy) is 1. The Morgan fingerprint density at radius 3 is 2.89 bits per heavy atom. The molecule has 4 heterocycles. The van der Waals surface area contributed by atoms with E-state index in [0.29, 0.717) is 29.5 Å². The van der Waals surface area contributed by atoms with Gasteiger partial charge in [-0.2, -0.15) is 4.98 Å². The molecule has 28 heavy (non-hydrogen) atoms. The van der Waals surface area contributed by atoms with Crippen molar-refractivity contribution in [3.63, 3.8) is 0 Å². The van der Waals surface area contributed by atoms with Crippen LogP contribution < -0.4 is 10.1 Å². The van der Waals surface area contributed by atoms with Crippen molar-refractivity contribution in [2.45, 2.75) is 58.5 Å². The van der Waals surface area contributed by atoms with E-state index in [-0.39, 0.29) is 5.92 Å². The summed E-state index contributed by atoms with van der Waals surface area (Å²) in [7, 11) is 0. The van der Waals surface area contributed by atoms with Crippen LogP contribution in [0, 0.1) is 12.8 Å². The van der Waals surface area contributed by atoms with E-state index in [1.807, 2.05) is 6.20 Å². The number of anilines is 2. The summed E-state index contributed by atoms with van der Waals surface area (Å²) in [4.78, 5) is 9.22. The van der Waals surface area contributed by atoms with Gasteiger partial charge in [0.15, 0.2) is 0 Å². The Morgan fingerprint density at radius 1 is 1.25 bits per heavy atom. The summed E-state index contributed by atoms with van der Waals surface area (Å²) >= 11 is 6.38. The highest BCUT2D eigenvalue weighted by atomic mass is 35.5. The lowest BCUT2D eigenvalue weighted by molar-refractivity contribution is 0.231. The molecule has 7 nitrogen and oxygen atoms in total. The zero-order chi connectivity index (χ0) is 19.3. The first kappa shape index (κ1) is 17.8. The van der Waals surface area contributed by atoms with Gasteiger partial charge >= 0.3 is 0 Å². The van der Waals surface area contributed by atoms with E-state index in [1.54, 1.807) is 6.20 Å². The molecule has 3 aromatic heterocycles. The molecule has 2 aliphatic rings. The van der Waals surface area contributed by atoms with E-state index in [4.69, 9.17) is 26.4 Å². The highest BCUT2D eigenvalue weighted by molar-refractivity contribution is 6.35. The Hall–Kier alpha value is -2.28. The summed E-state index contributed by atoms with van der Waals surface area (Å²) in [6.45, 7) is 5.61. The van der Waals surface area contributed by atoms with Crippen molar-refractivity contribution in [3.05, 3.63) is 23.1 Å². The molecule has 1 aliphatic carbocycles. The first-order valence-corrected chi connectivity index (χ1v) is 10.5. The minimum atomic E-state index is 0.288. The van der Waals surface area contributed by atoms with Crippen molar-refractivity contribution in [2.75, 3.05) is 11.9 Å². The standard InChI is InChI=1S/C20H25ClN6O/c1-12-9-26-10-16(21)15-8-22-20(24-18(15)26)23-17-13(2)27(25-19(17)28-11-12)14-6-4-3-5-7-14/h8,10,12,14H,3-7,9,11H2,1-2H3,(H,22,23,24). The van der Waals surface area contributed by atoms with Crippen molar-refractivity contribution < 1.29 is 4.74 Å². The monoisotopic (exact) mass is 400 g/mol. The Labute approximate surface area is 169 Å². The van der Waals surface area contributed by atoms with Gasteiger partial charge in [0.05, 0.1) is 28.8 Å². The lowest BCUT2D eigenvalue weighted by Gasteiger charge is -2.23. The summed E-state index contributed by atoms with van der Waals surface area (Å²) in [6, 6.07) is 0.441. The van der Waals surface area contributed by atoms with E-state index in [9.17, 15) is 0 Å². The summed E-state index contributed by atoms with van der Waals surface area (Å²) in [6.07, 6.45) is 9.90. The van der Waals surface area contributed by atoms with E-state index >= 15 is 0 Å². The summed E-state index contributed by atoms with van der Waals surface area (Å²) in [5.41, 5.74) is 2.78. The largest absolute Gasteiger partial charge is 0.475 e. The van der Waals surface area contributed by atoms with E-state index < -0.39 is 0 Å². The number of hydrogen-bond donors (Lipinski definition) is 1. The van der Waals surface area contributed by atoms with Crippen LogP contribution >= 0.6 is 11.6 Å². The molecule has 0 radical (unpaired) electrons. The quantitative estimate of drug-likeness (QED) is 0.631. The molecule has 0 spiro atoms. The molecule has 5 rings (SSSR count). The Morgan fingerprint density at radius 2 is 2.07 bits per heavy atom. The topological polar surface area (TPSA) is 69.8 Å². The lowest BCUT2D eigenvalue weighted by atomic mass is 9.95. The second kappa shape index (κ2) is 6.95. The van der Waals surface area contributed by atoms with Gasteiger partial charge in [-0.15, -0.1) is 5.10 Å². The highest BCUT2D eigenvalue weighted by Crippen LogP contribution is 2.37. The second-order valence-corrected chi connectivity index (χ2v) is 8.51. The van der Waals surface area contributed by atoms with Gasteiger partial charge in [-0.3, -0.25) is 4.68 Å². The maximum Gasteiger partial charge on any atom is 0.257 e. The fraction of sp³-hybridized carbons (Fsp3) is 0.550. The van der Waals surface area contributed by atoms with Gasteiger partial charge in [0, 0.05) is 24.9 Å². The average molecular weight is 401 g/mol. The third-order valence-corrected chi connectivity index (χ3v) is 6.16. The van der Waals surface area contributed by atoms with Gasteiger partial charge in [-0.05, 0) is 19.8 Å². The third kappa shape index (κ3) is 3.02. The van der Waals surface area contributed by atoms with Crippen molar-refractivity contribution in [1.29, 1.82) is 0 Å². The minimum Gasteiger partial charge on any atom is -0.475 e. The Bertz CT molecular complexity index is 1020. The zero-order valence-corrected chi connectivity index (χ0v) is 17.0. The molecule has 8 heteroatoms. The van der Waals surface area contributed by atoms with Crippen molar-refractivity contribution in [2.24, 2.45) is 5.92 Å². The van der Waals surface area contributed by atoms with Crippen LogP contribution in [-0.2, 0) is 6.54 Å². The zero-order valence-electron chi connectivity index (χ0n) is 16.3. The van der Waals surface area contributed by atoms with Gasteiger partial charge in [-0.1, -0.05) is 37.8 Å². The SMILES string of the molecule is Cc1c2c(nn1C1CCCCC1)OCC(C)Cn1cc(Cl)c3cnc(nc31)N2. The Balaban J connectivity index is 1.60. The molecule has 0 aromatic carbocycles. The average Bonchev–Trinajstić information content (AvgIpc) is 3.17. The first-order chi connectivity index (χ1) is 13.6. The third-order valence-electron chi connectivity index (χ3n) is 5.86. The smallest absolute Gasteiger partial charge is 0.257 e. The van der Waals surface area contributed by atoms with Crippen molar-refractivity contribution in [3.8, 4) is 5.88 Å². The maximum atomic E-state index is 6.38. The van der Waals surface area contributed by atoms with E-state index in [1.165, 1.54) is 32.1 Å². The number of hydrogen-bond acceptors (Lipinski definition) is 5. The number of nitrogens with one attached hydrogen (secondary N) is 1. The number of halogens is 1. The van der Waals surface area contributed by atoms with Gasteiger partial charge in [0.2, 0.25) is 5.95 Å². The summed E-state index contributed by atoms with van der Waals surface area (Å²) < 4.78 is 10.4. The molecule has 0 saturated heterocycles. The molecule has 1 N–H and O–H groups in total. The van der Waals surface area contributed by atoms with Crippen LogP contribution in [0.5, 0.6) is 5.88 Å². The summed E-state index contributed by atoms with van der Waals surface area (Å²) in [5, 5.41) is 9.76. The number of rotatable bonds is 1.